The normalized spacial score (nSPS) is 11.3. The molecule has 0 aromatic carbocycles. The molecule has 2 N–H and O–H groups in total. The van der Waals surface area contributed by atoms with Gasteiger partial charge in [0.25, 0.3) is 5.91 Å². The molecule has 0 saturated heterocycles. The van der Waals surface area contributed by atoms with Crippen molar-refractivity contribution in [2.45, 2.75) is 47.6 Å². The van der Waals surface area contributed by atoms with Gasteiger partial charge in [-0.15, -0.1) is 11.3 Å². The Bertz CT molecular complexity index is 1270. The molecule has 4 heterocycles. The molecule has 8 nitrogen and oxygen atoms in total. The van der Waals surface area contributed by atoms with Crippen LogP contribution in [0.3, 0.4) is 0 Å². The minimum absolute atomic E-state index is 0.114. The molecule has 4 aromatic rings. The summed E-state index contributed by atoms with van der Waals surface area (Å²) < 4.78 is 1.84. The highest BCUT2D eigenvalue weighted by Crippen LogP contribution is 2.32. The van der Waals surface area contributed by atoms with Crippen LogP contribution in [0.4, 0.5) is 5.95 Å². The number of hydrogen-bond acceptors (Lipinski definition) is 7. The molecule has 0 fully saturated rings. The maximum Gasteiger partial charge on any atom is 0.270 e. The predicted octanol–water partition coefficient (Wildman–Crippen LogP) is 4.52. The number of carbonyl (C=O) groups is 1. The van der Waals surface area contributed by atoms with Crippen molar-refractivity contribution in [1.29, 1.82) is 0 Å². The fourth-order valence-corrected chi connectivity index (χ4v) is 4.50. The topological polar surface area (TPSA) is 97.6 Å². The van der Waals surface area contributed by atoms with Crippen molar-refractivity contribution in [2.24, 2.45) is 0 Å². The molecule has 0 saturated carbocycles. The van der Waals surface area contributed by atoms with E-state index in [-0.39, 0.29) is 11.9 Å². The first-order chi connectivity index (χ1) is 14.7. The molecule has 0 aliphatic heterocycles. The van der Waals surface area contributed by atoms with Crippen LogP contribution in [0.2, 0.25) is 0 Å². The van der Waals surface area contributed by atoms with E-state index in [1.165, 1.54) is 4.88 Å². The fourth-order valence-electron chi connectivity index (χ4n) is 3.57. The molecule has 9 heteroatoms. The number of anilines is 1. The summed E-state index contributed by atoms with van der Waals surface area (Å²) in [6.07, 6.45) is 1.69. The van der Waals surface area contributed by atoms with Crippen molar-refractivity contribution < 1.29 is 4.79 Å². The number of thiophene rings is 1. The van der Waals surface area contributed by atoms with Gasteiger partial charge in [-0.2, -0.15) is 5.10 Å². The van der Waals surface area contributed by atoms with E-state index in [9.17, 15) is 4.79 Å². The van der Waals surface area contributed by atoms with Crippen molar-refractivity contribution in [1.82, 2.24) is 30.2 Å². The van der Waals surface area contributed by atoms with Crippen LogP contribution in [0, 0.1) is 27.7 Å². The summed E-state index contributed by atoms with van der Waals surface area (Å²) in [6.45, 7) is 12.0. The number of hydrogen-bond donors (Lipinski definition) is 2. The Balaban J connectivity index is 1.76. The Hall–Kier alpha value is -3.33. The standard InChI is InChI=1S/C22H25N7OS/c1-11(2)29-20-18(10-23-29)17(9-19(26-20)16-8-14(5)31-15(16)6)21(30)27-28-22-24-12(3)7-13(4)25-22/h7-11H,1-6H3,(H,27,30)(H,24,25,28). The van der Waals surface area contributed by atoms with Crippen LogP contribution in [0.25, 0.3) is 22.3 Å². The summed E-state index contributed by atoms with van der Waals surface area (Å²) in [5.74, 6) is 0.0443. The van der Waals surface area contributed by atoms with Gasteiger partial charge in [0.05, 0.1) is 22.8 Å². The number of hydrazine groups is 1. The maximum absolute atomic E-state index is 13.2. The molecule has 0 aliphatic carbocycles. The summed E-state index contributed by atoms with van der Waals surface area (Å²) in [6, 6.07) is 5.91. The number of carbonyl (C=O) groups excluding carboxylic acids is 1. The van der Waals surface area contributed by atoms with Gasteiger partial charge < -0.3 is 0 Å². The van der Waals surface area contributed by atoms with E-state index in [4.69, 9.17) is 4.98 Å². The van der Waals surface area contributed by atoms with Gasteiger partial charge in [0.1, 0.15) is 0 Å². The lowest BCUT2D eigenvalue weighted by molar-refractivity contribution is 0.0964. The molecule has 0 unspecified atom stereocenters. The Morgan fingerprint density at radius 1 is 1.03 bits per heavy atom. The van der Waals surface area contributed by atoms with Crippen molar-refractivity contribution >= 4 is 34.2 Å². The van der Waals surface area contributed by atoms with Crippen LogP contribution in [0.1, 0.15) is 51.4 Å². The zero-order valence-electron chi connectivity index (χ0n) is 18.4. The zero-order chi connectivity index (χ0) is 22.3. The van der Waals surface area contributed by atoms with E-state index in [1.54, 1.807) is 17.5 Å². The highest BCUT2D eigenvalue weighted by Gasteiger charge is 2.20. The van der Waals surface area contributed by atoms with Crippen LogP contribution >= 0.6 is 11.3 Å². The van der Waals surface area contributed by atoms with Gasteiger partial charge in [0.15, 0.2) is 5.65 Å². The number of nitrogens with zero attached hydrogens (tertiary/aromatic N) is 5. The molecule has 0 spiro atoms. The summed E-state index contributed by atoms with van der Waals surface area (Å²) >= 11 is 1.71. The van der Waals surface area contributed by atoms with Gasteiger partial charge in [-0.3, -0.25) is 15.6 Å². The predicted molar refractivity (Wildman–Crippen MR) is 123 cm³/mol. The first-order valence-electron chi connectivity index (χ1n) is 10.1. The third kappa shape index (κ3) is 4.13. The number of amides is 1. The second-order valence-electron chi connectivity index (χ2n) is 7.86. The molecule has 1 amide bonds. The number of aryl methyl sites for hydroxylation is 4. The lowest BCUT2D eigenvalue weighted by Gasteiger charge is -2.12. The molecule has 0 aliphatic rings. The second-order valence-corrected chi connectivity index (χ2v) is 9.32. The van der Waals surface area contributed by atoms with Gasteiger partial charge in [0, 0.05) is 32.7 Å². The molecule has 0 radical (unpaired) electrons. The molecule has 0 atom stereocenters. The first-order valence-corrected chi connectivity index (χ1v) is 10.9. The highest BCUT2D eigenvalue weighted by atomic mass is 32.1. The first kappa shape index (κ1) is 20.9. The molecule has 4 aromatic heterocycles. The molecule has 160 valence electrons. The summed E-state index contributed by atoms with van der Waals surface area (Å²) in [5.41, 5.74) is 10.1. The van der Waals surface area contributed by atoms with Gasteiger partial charge in [-0.05, 0) is 59.7 Å². The van der Waals surface area contributed by atoms with E-state index in [1.807, 2.05) is 44.5 Å². The van der Waals surface area contributed by atoms with Crippen LogP contribution in [0.5, 0.6) is 0 Å². The van der Waals surface area contributed by atoms with Gasteiger partial charge in [-0.25, -0.2) is 19.6 Å². The van der Waals surface area contributed by atoms with E-state index < -0.39 is 0 Å². The van der Waals surface area contributed by atoms with Gasteiger partial charge in [0.2, 0.25) is 5.95 Å². The van der Waals surface area contributed by atoms with Crippen molar-refractivity contribution in [3.8, 4) is 11.3 Å². The maximum atomic E-state index is 13.2. The lowest BCUT2D eigenvalue weighted by Crippen LogP contribution is -2.30. The molecule has 31 heavy (non-hydrogen) atoms. The highest BCUT2D eigenvalue weighted by molar-refractivity contribution is 7.12. The molecular weight excluding hydrogens is 410 g/mol. The zero-order valence-corrected chi connectivity index (χ0v) is 19.3. The summed E-state index contributed by atoms with van der Waals surface area (Å²) in [7, 11) is 0. The van der Waals surface area contributed by atoms with Crippen molar-refractivity contribution in [3.05, 3.63) is 51.1 Å². The average molecular weight is 436 g/mol. The van der Waals surface area contributed by atoms with Crippen LogP contribution in [-0.2, 0) is 0 Å². The monoisotopic (exact) mass is 435 g/mol. The second kappa shape index (κ2) is 8.07. The van der Waals surface area contributed by atoms with Crippen LogP contribution in [-0.4, -0.2) is 30.6 Å². The van der Waals surface area contributed by atoms with Gasteiger partial charge >= 0.3 is 0 Å². The number of fused-ring (bicyclic) bond motifs is 1. The number of nitrogens with one attached hydrogen (secondary N) is 2. The van der Waals surface area contributed by atoms with E-state index >= 15 is 0 Å². The molecule has 4 rings (SSSR count). The van der Waals surface area contributed by atoms with Crippen LogP contribution < -0.4 is 10.9 Å². The number of rotatable bonds is 5. The van der Waals surface area contributed by atoms with Crippen molar-refractivity contribution in [3.63, 3.8) is 0 Å². The Morgan fingerprint density at radius 2 is 1.74 bits per heavy atom. The minimum atomic E-state index is -0.302. The Labute approximate surface area is 184 Å². The van der Waals surface area contributed by atoms with E-state index in [0.717, 1.165) is 27.5 Å². The summed E-state index contributed by atoms with van der Waals surface area (Å²) in [4.78, 5) is 29.0. The number of pyridine rings is 1. The third-order valence-electron chi connectivity index (χ3n) is 4.89. The van der Waals surface area contributed by atoms with Crippen LogP contribution in [0.15, 0.2) is 24.4 Å². The molecular formula is C22H25N7OS. The van der Waals surface area contributed by atoms with E-state index in [2.05, 4.69) is 45.8 Å². The van der Waals surface area contributed by atoms with E-state index in [0.29, 0.717) is 22.5 Å². The Morgan fingerprint density at radius 3 is 2.35 bits per heavy atom. The largest absolute Gasteiger partial charge is 0.270 e. The van der Waals surface area contributed by atoms with Gasteiger partial charge in [-0.1, -0.05) is 0 Å². The fraction of sp³-hybridized carbons (Fsp3) is 0.318. The summed E-state index contributed by atoms with van der Waals surface area (Å²) in [5, 5.41) is 5.17. The minimum Gasteiger partial charge on any atom is -0.267 e. The average Bonchev–Trinajstić information content (AvgIpc) is 3.27. The lowest BCUT2D eigenvalue weighted by atomic mass is 10.1. The molecule has 0 bridgehead atoms. The smallest absolute Gasteiger partial charge is 0.267 e. The SMILES string of the molecule is Cc1cc(C)nc(NNC(=O)c2cc(-c3cc(C)sc3C)nc3c2cnn3C(C)C)n1. The quantitative estimate of drug-likeness (QED) is 0.447. The number of aromatic nitrogens is 5. The Kier molecular flexibility index (Phi) is 5.45. The van der Waals surface area contributed by atoms with Crippen molar-refractivity contribution in [2.75, 3.05) is 5.43 Å². The third-order valence-corrected chi connectivity index (χ3v) is 5.85.